The molecule has 0 aliphatic heterocycles. The molecule has 1 aromatic carbocycles. The Bertz CT molecular complexity index is 606. The highest BCUT2D eigenvalue weighted by Crippen LogP contribution is 2.07. The van der Waals surface area contributed by atoms with Crippen LogP contribution in [0.4, 0.5) is 0 Å². The lowest BCUT2D eigenvalue weighted by Crippen LogP contribution is -2.35. The average Bonchev–Trinajstić information content (AvgIpc) is 2.91. The Kier molecular flexibility index (Phi) is 5.11. The van der Waals surface area contributed by atoms with E-state index in [4.69, 9.17) is 22.4 Å². The molecule has 0 fully saturated rings. The van der Waals surface area contributed by atoms with Crippen molar-refractivity contribution >= 4 is 23.1 Å². The van der Waals surface area contributed by atoms with E-state index in [1.807, 2.05) is 43.3 Å². The van der Waals surface area contributed by atoms with Gasteiger partial charge in [-0.15, -0.1) is 0 Å². The molecule has 0 saturated heterocycles. The molecule has 1 atom stereocenters. The van der Waals surface area contributed by atoms with Crippen LogP contribution in [0, 0.1) is 0 Å². The first-order chi connectivity index (χ1) is 10.0. The van der Waals surface area contributed by atoms with Crippen LogP contribution in [0.25, 0.3) is 0 Å². The van der Waals surface area contributed by atoms with Crippen molar-refractivity contribution in [2.24, 2.45) is 5.73 Å². The highest BCUT2D eigenvalue weighted by Gasteiger charge is 2.10. The van der Waals surface area contributed by atoms with E-state index in [0.717, 1.165) is 16.9 Å². The Morgan fingerprint density at radius 3 is 2.62 bits per heavy atom. The largest absolute Gasteiger partial charge is 0.469 e. The standard InChI is InChI=1S/C16H18N2O2S/c1-11(9-14-3-2-8-20-14)18-15(19)10-12-4-6-13(7-5-12)16(17)21/h2-8,11H,9-10H2,1H3,(H2,17,21)(H,18,19). The zero-order chi connectivity index (χ0) is 15.2. The van der Waals surface area contributed by atoms with Gasteiger partial charge in [-0.05, 0) is 24.6 Å². The maximum Gasteiger partial charge on any atom is 0.224 e. The predicted molar refractivity (Wildman–Crippen MR) is 86.1 cm³/mol. The molecular formula is C16H18N2O2S. The molecule has 0 spiro atoms. The summed E-state index contributed by atoms with van der Waals surface area (Å²) in [6.45, 7) is 1.95. The average molecular weight is 302 g/mol. The number of furan rings is 1. The molecule has 3 N–H and O–H groups in total. The summed E-state index contributed by atoms with van der Waals surface area (Å²) in [5, 5.41) is 2.95. The van der Waals surface area contributed by atoms with E-state index in [-0.39, 0.29) is 11.9 Å². The van der Waals surface area contributed by atoms with Gasteiger partial charge in [0.25, 0.3) is 0 Å². The summed E-state index contributed by atoms with van der Waals surface area (Å²) in [5.74, 6) is 0.848. The maximum absolute atomic E-state index is 12.0. The molecule has 5 heteroatoms. The Morgan fingerprint density at radius 2 is 2.05 bits per heavy atom. The maximum atomic E-state index is 12.0. The summed E-state index contributed by atoms with van der Waals surface area (Å²) in [4.78, 5) is 12.3. The van der Waals surface area contributed by atoms with Gasteiger partial charge in [0.05, 0.1) is 12.7 Å². The molecule has 2 aromatic rings. The Hall–Kier alpha value is -2.14. The number of nitrogens with one attached hydrogen (secondary N) is 1. The van der Waals surface area contributed by atoms with Crippen LogP contribution >= 0.6 is 12.2 Å². The van der Waals surface area contributed by atoms with Crippen molar-refractivity contribution in [3.05, 3.63) is 59.5 Å². The van der Waals surface area contributed by atoms with Crippen LogP contribution in [0.2, 0.25) is 0 Å². The first-order valence-electron chi connectivity index (χ1n) is 6.75. The fourth-order valence-electron chi connectivity index (χ4n) is 2.08. The van der Waals surface area contributed by atoms with Crippen molar-refractivity contribution < 1.29 is 9.21 Å². The second-order valence-corrected chi connectivity index (χ2v) is 5.43. The van der Waals surface area contributed by atoms with Crippen LogP contribution in [0.5, 0.6) is 0 Å². The molecule has 1 amide bonds. The van der Waals surface area contributed by atoms with Crippen molar-refractivity contribution in [1.82, 2.24) is 5.32 Å². The van der Waals surface area contributed by atoms with E-state index in [1.165, 1.54) is 0 Å². The lowest BCUT2D eigenvalue weighted by molar-refractivity contribution is -0.121. The van der Waals surface area contributed by atoms with Crippen LogP contribution in [-0.2, 0) is 17.6 Å². The van der Waals surface area contributed by atoms with Crippen molar-refractivity contribution in [2.75, 3.05) is 0 Å². The normalized spacial score (nSPS) is 11.9. The molecule has 2 rings (SSSR count). The molecule has 0 radical (unpaired) electrons. The third-order valence-corrected chi connectivity index (χ3v) is 3.33. The topological polar surface area (TPSA) is 68.3 Å². The Morgan fingerprint density at radius 1 is 1.33 bits per heavy atom. The highest BCUT2D eigenvalue weighted by atomic mass is 32.1. The summed E-state index contributed by atoms with van der Waals surface area (Å²) in [6, 6.07) is 11.2. The number of amides is 1. The number of hydrogen-bond acceptors (Lipinski definition) is 3. The number of thiocarbonyl (C=S) groups is 1. The van der Waals surface area contributed by atoms with Gasteiger partial charge in [-0.2, -0.15) is 0 Å². The van der Waals surface area contributed by atoms with Gasteiger partial charge < -0.3 is 15.5 Å². The lowest BCUT2D eigenvalue weighted by atomic mass is 10.1. The van der Waals surface area contributed by atoms with Crippen LogP contribution in [0.3, 0.4) is 0 Å². The van der Waals surface area contributed by atoms with Crippen molar-refractivity contribution in [3.63, 3.8) is 0 Å². The molecule has 1 unspecified atom stereocenters. The molecule has 4 nitrogen and oxygen atoms in total. The van der Waals surface area contributed by atoms with Crippen LogP contribution in [0.15, 0.2) is 47.1 Å². The Labute approximate surface area is 129 Å². The van der Waals surface area contributed by atoms with Gasteiger partial charge in [-0.25, -0.2) is 0 Å². The number of hydrogen-bond donors (Lipinski definition) is 2. The molecule has 110 valence electrons. The molecular weight excluding hydrogens is 284 g/mol. The second-order valence-electron chi connectivity index (χ2n) is 4.99. The molecule has 1 aromatic heterocycles. The smallest absolute Gasteiger partial charge is 0.224 e. The van der Waals surface area contributed by atoms with E-state index in [1.54, 1.807) is 6.26 Å². The second kappa shape index (κ2) is 7.04. The van der Waals surface area contributed by atoms with Crippen LogP contribution in [0.1, 0.15) is 23.8 Å². The third kappa shape index (κ3) is 4.72. The van der Waals surface area contributed by atoms with Crippen molar-refractivity contribution in [1.29, 1.82) is 0 Å². The van der Waals surface area contributed by atoms with Gasteiger partial charge in [-0.3, -0.25) is 4.79 Å². The number of benzene rings is 1. The highest BCUT2D eigenvalue weighted by molar-refractivity contribution is 7.80. The quantitative estimate of drug-likeness (QED) is 0.803. The van der Waals surface area contributed by atoms with Gasteiger partial charge >= 0.3 is 0 Å². The SMILES string of the molecule is CC(Cc1ccco1)NC(=O)Cc1ccc(C(N)=S)cc1. The fraction of sp³-hybridized carbons (Fsp3) is 0.250. The molecule has 0 aliphatic rings. The van der Waals surface area contributed by atoms with E-state index in [2.05, 4.69) is 5.32 Å². The Balaban J connectivity index is 1.84. The van der Waals surface area contributed by atoms with Crippen LogP contribution in [-0.4, -0.2) is 16.9 Å². The monoisotopic (exact) mass is 302 g/mol. The molecule has 0 saturated carbocycles. The number of rotatable bonds is 6. The van der Waals surface area contributed by atoms with E-state index >= 15 is 0 Å². The minimum atomic E-state index is -0.0165. The van der Waals surface area contributed by atoms with Gasteiger partial charge in [-0.1, -0.05) is 36.5 Å². The first kappa shape index (κ1) is 15.3. The number of nitrogens with two attached hydrogens (primary N) is 1. The van der Waals surface area contributed by atoms with Crippen LogP contribution < -0.4 is 11.1 Å². The summed E-state index contributed by atoms with van der Waals surface area (Å²) >= 11 is 4.89. The summed E-state index contributed by atoms with van der Waals surface area (Å²) < 4.78 is 5.26. The molecule has 0 bridgehead atoms. The zero-order valence-corrected chi connectivity index (χ0v) is 12.7. The third-order valence-electron chi connectivity index (χ3n) is 3.10. The number of carbonyl (C=O) groups excluding carboxylic acids is 1. The van der Waals surface area contributed by atoms with Crippen molar-refractivity contribution in [2.45, 2.75) is 25.8 Å². The van der Waals surface area contributed by atoms with E-state index in [9.17, 15) is 4.79 Å². The fourth-order valence-corrected chi connectivity index (χ4v) is 2.22. The van der Waals surface area contributed by atoms with Gasteiger partial charge in [0, 0.05) is 18.0 Å². The summed E-state index contributed by atoms with van der Waals surface area (Å²) in [6.07, 6.45) is 2.65. The predicted octanol–water partition coefficient (Wildman–Crippen LogP) is 2.20. The minimum absolute atomic E-state index is 0.0165. The van der Waals surface area contributed by atoms with Gasteiger partial charge in [0.2, 0.25) is 5.91 Å². The molecule has 0 aliphatic carbocycles. The zero-order valence-electron chi connectivity index (χ0n) is 11.8. The van der Waals surface area contributed by atoms with E-state index < -0.39 is 0 Å². The summed E-state index contributed by atoms with van der Waals surface area (Å²) in [7, 11) is 0. The first-order valence-corrected chi connectivity index (χ1v) is 7.16. The van der Waals surface area contributed by atoms with Crippen molar-refractivity contribution in [3.8, 4) is 0 Å². The van der Waals surface area contributed by atoms with E-state index in [0.29, 0.717) is 17.8 Å². The lowest BCUT2D eigenvalue weighted by Gasteiger charge is -2.12. The molecule has 1 heterocycles. The number of carbonyl (C=O) groups is 1. The van der Waals surface area contributed by atoms with Gasteiger partial charge in [0.15, 0.2) is 0 Å². The minimum Gasteiger partial charge on any atom is -0.469 e. The molecule has 21 heavy (non-hydrogen) atoms. The van der Waals surface area contributed by atoms with Gasteiger partial charge in [0.1, 0.15) is 10.7 Å². The summed E-state index contributed by atoms with van der Waals surface area (Å²) in [5.41, 5.74) is 7.27.